The van der Waals surface area contributed by atoms with Gasteiger partial charge in [-0.25, -0.2) is 0 Å². The molecule has 3 nitrogen and oxygen atoms in total. The van der Waals surface area contributed by atoms with E-state index in [-0.39, 0.29) is 6.10 Å². The topological polar surface area (TPSA) is 27.7 Å². The van der Waals surface area contributed by atoms with Crippen LogP contribution in [0, 0.1) is 0 Å². The van der Waals surface area contributed by atoms with E-state index >= 15 is 0 Å². The van der Waals surface area contributed by atoms with Crippen molar-refractivity contribution in [1.82, 2.24) is 0 Å². The first-order valence-corrected chi connectivity index (χ1v) is 8.91. The van der Waals surface area contributed by atoms with E-state index in [4.69, 9.17) is 14.2 Å². The summed E-state index contributed by atoms with van der Waals surface area (Å²) in [4.78, 5) is 1.17. The van der Waals surface area contributed by atoms with E-state index in [1.54, 1.807) is 25.6 Å². The molecule has 4 heteroatoms. The van der Waals surface area contributed by atoms with Gasteiger partial charge in [0, 0.05) is 16.0 Å². The van der Waals surface area contributed by atoms with Gasteiger partial charge in [0.05, 0.1) is 14.2 Å². The fraction of sp³-hybridized carbons (Fsp3) is 0.143. The Balaban J connectivity index is 1.86. The monoisotopic (exact) mass is 350 g/mol. The van der Waals surface area contributed by atoms with Crippen LogP contribution >= 0.6 is 11.3 Å². The van der Waals surface area contributed by atoms with Gasteiger partial charge in [-0.1, -0.05) is 36.4 Å². The van der Waals surface area contributed by atoms with E-state index in [1.165, 1.54) is 4.88 Å². The molecular weight excluding hydrogens is 332 g/mol. The molecule has 1 unspecified atom stereocenters. The van der Waals surface area contributed by atoms with Crippen molar-refractivity contribution >= 4 is 23.2 Å². The maximum Gasteiger partial charge on any atom is 0.161 e. The number of rotatable bonds is 4. The summed E-state index contributed by atoms with van der Waals surface area (Å²) in [6.45, 7) is 0. The Kier molecular flexibility index (Phi) is 4.20. The minimum Gasteiger partial charge on any atom is -0.493 e. The molecule has 0 spiro atoms. The van der Waals surface area contributed by atoms with Gasteiger partial charge in [0.2, 0.25) is 0 Å². The molecule has 126 valence electrons. The Labute approximate surface area is 151 Å². The molecular formula is C21H18O3S. The maximum absolute atomic E-state index is 6.34. The molecule has 0 bridgehead atoms. The highest BCUT2D eigenvalue weighted by molar-refractivity contribution is 7.10. The van der Waals surface area contributed by atoms with Crippen LogP contribution in [0.3, 0.4) is 0 Å². The average molecular weight is 350 g/mol. The van der Waals surface area contributed by atoms with E-state index in [9.17, 15) is 0 Å². The summed E-state index contributed by atoms with van der Waals surface area (Å²) in [5, 5.41) is 2.07. The van der Waals surface area contributed by atoms with Crippen molar-refractivity contribution < 1.29 is 14.2 Å². The second-order valence-electron chi connectivity index (χ2n) is 5.73. The first-order valence-electron chi connectivity index (χ1n) is 8.03. The van der Waals surface area contributed by atoms with Gasteiger partial charge in [-0.3, -0.25) is 0 Å². The van der Waals surface area contributed by atoms with Gasteiger partial charge >= 0.3 is 0 Å². The van der Waals surface area contributed by atoms with Crippen molar-refractivity contribution in [2.45, 2.75) is 6.10 Å². The molecule has 1 aliphatic rings. The molecule has 0 saturated heterocycles. The molecule has 1 aromatic heterocycles. The van der Waals surface area contributed by atoms with Crippen molar-refractivity contribution in [2.24, 2.45) is 0 Å². The van der Waals surface area contributed by atoms with E-state index in [0.29, 0.717) is 11.5 Å². The maximum atomic E-state index is 6.34. The summed E-state index contributed by atoms with van der Waals surface area (Å²) >= 11 is 1.69. The molecule has 0 aliphatic carbocycles. The molecule has 2 aromatic carbocycles. The van der Waals surface area contributed by atoms with Gasteiger partial charge in [0.25, 0.3) is 0 Å². The first kappa shape index (κ1) is 15.8. The Bertz CT molecular complexity index is 898. The summed E-state index contributed by atoms with van der Waals surface area (Å²) in [6.07, 6.45) is 1.95. The zero-order chi connectivity index (χ0) is 17.2. The number of fused-ring (bicyclic) bond motifs is 1. The Hall–Kier alpha value is -2.72. The van der Waals surface area contributed by atoms with Gasteiger partial charge in [-0.2, -0.15) is 0 Å². The second-order valence-corrected chi connectivity index (χ2v) is 6.71. The van der Waals surface area contributed by atoms with E-state index in [1.807, 2.05) is 36.4 Å². The lowest BCUT2D eigenvalue weighted by Crippen LogP contribution is -1.97. The van der Waals surface area contributed by atoms with E-state index in [2.05, 4.69) is 29.7 Å². The SMILES string of the molecule is COc1cc2c(cc1OC)C(c1cccs1)O/C2=C\c1ccccc1. The van der Waals surface area contributed by atoms with Crippen molar-refractivity contribution in [1.29, 1.82) is 0 Å². The fourth-order valence-corrected chi connectivity index (χ4v) is 3.81. The molecule has 1 atom stereocenters. The van der Waals surface area contributed by atoms with E-state index in [0.717, 1.165) is 22.4 Å². The fourth-order valence-electron chi connectivity index (χ4n) is 3.04. The van der Waals surface area contributed by atoms with Crippen LogP contribution in [-0.2, 0) is 4.74 Å². The number of hydrogen-bond acceptors (Lipinski definition) is 4. The van der Waals surface area contributed by atoms with Crippen molar-refractivity contribution in [3.63, 3.8) is 0 Å². The van der Waals surface area contributed by atoms with Gasteiger partial charge < -0.3 is 14.2 Å². The summed E-state index contributed by atoms with van der Waals surface area (Å²) in [5.41, 5.74) is 3.24. The number of benzene rings is 2. The van der Waals surface area contributed by atoms with Crippen LogP contribution < -0.4 is 9.47 Å². The lowest BCUT2D eigenvalue weighted by Gasteiger charge is -2.12. The molecule has 0 saturated carbocycles. The van der Waals surface area contributed by atoms with Crippen LogP contribution in [0.5, 0.6) is 11.5 Å². The highest BCUT2D eigenvalue weighted by Gasteiger charge is 2.32. The minimum absolute atomic E-state index is 0.121. The van der Waals surface area contributed by atoms with Gasteiger partial charge in [-0.05, 0) is 35.2 Å². The number of methoxy groups -OCH3 is 2. The average Bonchev–Trinajstić information content (AvgIpc) is 3.29. The number of ether oxygens (including phenoxy) is 3. The van der Waals surface area contributed by atoms with Crippen molar-refractivity contribution in [2.75, 3.05) is 14.2 Å². The third-order valence-electron chi connectivity index (χ3n) is 4.25. The minimum atomic E-state index is -0.121. The molecule has 4 rings (SSSR count). The number of hydrogen-bond donors (Lipinski definition) is 0. The summed E-state index contributed by atoms with van der Waals surface area (Å²) < 4.78 is 17.3. The first-order chi connectivity index (χ1) is 12.3. The summed E-state index contributed by atoms with van der Waals surface area (Å²) in [5.74, 6) is 2.27. The summed E-state index contributed by atoms with van der Waals surface area (Å²) in [7, 11) is 3.30. The molecule has 3 aromatic rings. The van der Waals surface area contributed by atoms with Crippen molar-refractivity contribution in [3.05, 3.63) is 81.5 Å². The molecule has 25 heavy (non-hydrogen) atoms. The predicted molar refractivity (Wildman–Crippen MR) is 101 cm³/mol. The third-order valence-corrected chi connectivity index (χ3v) is 5.16. The Morgan fingerprint density at radius 3 is 2.40 bits per heavy atom. The normalized spacial score (nSPS) is 17.2. The largest absolute Gasteiger partial charge is 0.493 e. The molecule has 0 fully saturated rings. The van der Waals surface area contributed by atoms with Gasteiger partial charge in [-0.15, -0.1) is 11.3 Å². The van der Waals surface area contributed by atoms with Crippen LogP contribution in [-0.4, -0.2) is 14.2 Å². The molecule has 0 amide bonds. The Morgan fingerprint density at radius 1 is 0.960 bits per heavy atom. The molecule has 0 radical (unpaired) electrons. The summed E-state index contributed by atoms with van der Waals surface area (Å²) in [6, 6.07) is 18.3. The van der Waals surface area contributed by atoms with Crippen LogP contribution in [0.4, 0.5) is 0 Å². The third kappa shape index (κ3) is 2.89. The van der Waals surface area contributed by atoms with Crippen molar-refractivity contribution in [3.8, 4) is 11.5 Å². The zero-order valence-corrected chi connectivity index (χ0v) is 14.9. The lowest BCUT2D eigenvalue weighted by atomic mass is 10.0. The van der Waals surface area contributed by atoms with Gasteiger partial charge in [0.15, 0.2) is 17.6 Å². The molecule has 1 aliphatic heterocycles. The van der Waals surface area contributed by atoms with Crippen LogP contribution in [0.25, 0.3) is 11.8 Å². The standard InChI is InChI=1S/C21H18O3S/c1-22-18-12-15-16(13-19(18)23-2)21(20-9-6-10-25-20)24-17(15)11-14-7-4-3-5-8-14/h3-13,21H,1-2H3/b17-11-. The zero-order valence-electron chi connectivity index (χ0n) is 14.1. The Morgan fingerprint density at radius 2 is 1.72 bits per heavy atom. The smallest absolute Gasteiger partial charge is 0.161 e. The van der Waals surface area contributed by atoms with Gasteiger partial charge in [0.1, 0.15) is 5.76 Å². The quantitative estimate of drug-likeness (QED) is 0.632. The number of thiophene rings is 1. The highest BCUT2D eigenvalue weighted by atomic mass is 32.1. The van der Waals surface area contributed by atoms with Crippen LogP contribution in [0.1, 0.15) is 27.7 Å². The van der Waals surface area contributed by atoms with E-state index < -0.39 is 0 Å². The molecule has 0 N–H and O–H groups in total. The lowest BCUT2D eigenvalue weighted by molar-refractivity contribution is 0.233. The van der Waals surface area contributed by atoms with Crippen LogP contribution in [0.2, 0.25) is 0 Å². The highest BCUT2D eigenvalue weighted by Crippen LogP contribution is 2.48. The second kappa shape index (κ2) is 6.65. The molecule has 2 heterocycles. The van der Waals surface area contributed by atoms with Crippen LogP contribution in [0.15, 0.2) is 60.0 Å². The predicted octanol–water partition coefficient (Wildman–Crippen LogP) is 5.38.